The number of carbonyl (C=O) groups is 3. The van der Waals surface area contributed by atoms with E-state index >= 15 is 0 Å². The zero-order valence-corrected chi connectivity index (χ0v) is 11.2. The first kappa shape index (κ1) is 29.4. The van der Waals surface area contributed by atoms with Gasteiger partial charge < -0.3 is 35.4 Å². The zero-order valence-electron chi connectivity index (χ0n) is 9.66. The van der Waals surface area contributed by atoms with Crippen molar-refractivity contribution in [1.29, 1.82) is 0 Å². The van der Waals surface area contributed by atoms with Gasteiger partial charge in [-0.3, -0.25) is 0 Å². The Morgan fingerprint density at radius 2 is 0.875 bits per heavy atom. The van der Waals surface area contributed by atoms with Crippen LogP contribution in [0.1, 0.15) is 27.7 Å². The van der Waals surface area contributed by atoms with E-state index in [1.54, 1.807) is 6.92 Å². The van der Waals surface area contributed by atoms with E-state index in [2.05, 4.69) is 0 Å². The average molecular weight is 269 g/mol. The van der Waals surface area contributed by atoms with Crippen LogP contribution in [0, 0.1) is 0 Å². The number of carbonyl (C=O) groups excluding carboxylic acids is 3. The Labute approximate surface area is 110 Å². The van der Waals surface area contributed by atoms with Gasteiger partial charge in [0.05, 0.1) is 0 Å². The van der Waals surface area contributed by atoms with Crippen LogP contribution in [0.4, 0.5) is 0 Å². The Bertz CT molecular complexity index is 133. The molecule has 0 fully saturated rings. The van der Waals surface area contributed by atoms with Gasteiger partial charge in [0.1, 0.15) is 0 Å². The number of hydrogen-bond acceptors (Lipinski definition) is 6. The zero-order chi connectivity index (χ0) is 13.4. The van der Waals surface area contributed by atoms with Crippen LogP contribution in [0.5, 0.6) is 0 Å². The van der Waals surface area contributed by atoms with Crippen molar-refractivity contribution < 1.29 is 51.4 Å². The molecule has 7 nitrogen and oxygen atoms in total. The third-order valence-electron chi connectivity index (χ3n) is 0. The van der Waals surface area contributed by atoms with E-state index in [-0.39, 0.29) is 21.7 Å². The summed E-state index contributed by atoms with van der Waals surface area (Å²) in [7, 11) is 0. The smallest absolute Gasteiger partial charge is 0.678 e. The predicted molar refractivity (Wildman–Crippen MR) is 46.9 cm³/mol. The molecule has 0 bridgehead atoms. The van der Waals surface area contributed by atoms with Gasteiger partial charge in [-0.05, 0) is 20.8 Å². The first-order valence-corrected chi connectivity index (χ1v) is 3.79. The molecule has 0 aromatic carbocycles. The van der Waals surface area contributed by atoms with Crippen molar-refractivity contribution in [2.24, 2.45) is 0 Å². The van der Waals surface area contributed by atoms with E-state index in [9.17, 15) is 0 Å². The summed E-state index contributed by atoms with van der Waals surface area (Å²) in [6.45, 7) is 5.21. The summed E-state index contributed by atoms with van der Waals surface area (Å²) in [6.07, 6.45) is 0. The molecule has 1 N–H and O–H groups in total. The van der Waals surface area contributed by atoms with Gasteiger partial charge in [-0.15, -0.1) is 0 Å². The van der Waals surface area contributed by atoms with E-state index in [0.29, 0.717) is 6.54 Å². The summed E-state index contributed by atoms with van der Waals surface area (Å²) in [4.78, 5) is 26.7. The molecule has 0 radical (unpaired) electrons. The largest absolute Gasteiger partial charge is 4.00 e. The second-order valence-electron chi connectivity index (χ2n) is 1.83. The van der Waals surface area contributed by atoms with Crippen molar-refractivity contribution in [2.45, 2.75) is 27.7 Å². The number of nitrogens with one attached hydrogen (secondary N) is 1. The van der Waals surface area contributed by atoms with Crippen LogP contribution in [-0.4, -0.2) is 24.5 Å². The Morgan fingerprint density at radius 1 is 0.875 bits per heavy atom. The molecule has 0 amide bonds. The van der Waals surface area contributed by atoms with Crippen LogP contribution in [0.15, 0.2) is 0 Å². The molecule has 0 saturated carbocycles. The summed E-state index contributed by atoms with van der Waals surface area (Å²) in [6, 6.07) is 0. The number of hydrogen-bond donors (Lipinski definition) is 0. The number of carboxylic acid groups (broad SMARTS) is 3. The van der Waals surface area contributed by atoms with E-state index in [4.69, 9.17) is 35.4 Å². The molecule has 0 aliphatic carbocycles. The molecular formula is C8H15NO6Ti. The molecule has 0 saturated heterocycles. The maximum atomic E-state index is 8.89. The van der Waals surface area contributed by atoms with Gasteiger partial charge in [0.2, 0.25) is 0 Å². The summed E-state index contributed by atoms with van der Waals surface area (Å²) in [5.74, 6) is -3.25. The molecule has 0 aliphatic heterocycles. The molecule has 92 valence electrons. The summed E-state index contributed by atoms with van der Waals surface area (Å²) < 4.78 is 0. The normalized spacial score (nSPS) is 5.81. The Morgan fingerprint density at radius 3 is 0.875 bits per heavy atom. The molecule has 0 aromatic heterocycles. The van der Waals surface area contributed by atoms with Crippen molar-refractivity contribution in [3.8, 4) is 0 Å². The van der Waals surface area contributed by atoms with Gasteiger partial charge in [-0.2, -0.15) is 6.54 Å². The topological polar surface area (TPSA) is 144 Å². The molecule has 8 heteroatoms. The standard InChI is InChI=1S/C2H6N.3C2H4O2.Ti/c1-2-3;3*1-2(3)4;/h3H,2H2,1H3;3*1H3,(H,3,4);/q-1;;;;+4/p-3. The van der Waals surface area contributed by atoms with Crippen LogP contribution in [0.2, 0.25) is 0 Å². The van der Waals surface area contributed by atoms with Crippen LogP contribution < -0.4 is 15.3 Å². The van der Waals surface area contributed by atoms with Crippen molar-refractivity contribution in [3.05, 3.63) is 5.73 Å². The van der Waals surface area contributed by atoms with Crippen molar-refractivity contribution in [2.75, 3.05) is 6.54 Å². The number of aliphatic carboxylic acids is 3. The minimum Gasteiger partial charge on any atom is -0.678 e. The van der Waals surface area contributed by atoms with Crippen LogP contribution in [0.3, 0.4) is 0 Å². The van der Waals surface area contributed by atoms with Crippen LogP contribution in [-0.2, 0) is 36.1 Å². The predicted octanol–water partition coefficient (Wildman–Crippen LogP) is -2.68. The molecule has 0 aliphatic rings. The van der Waals surface area contributed by atoms with Gasteiger partial charge in [0.15, 0.2) is 0 Å². The molecule has 0 atom stereocenters. The minimum absolute atomic E-state index is 0. The average Bonchev–Trinajstić information content (AvgIpc) is 1.81. The van der Waals surface area contributed by atoms with E-state index in [1.807, 2.05) is 0 Å². The Hall–Kier alpha value is -0.916. The van der Waals surface area contributed by atoms with E-state index in [1.165, 1.54) is 0 Å². The monoisotopic (exact) mass is 269 g/mol. The number of carboxylic acids is 3. The van der Waals surface area contributed by atoms with Crippen molar-refractivity contribution in [3.63, 3.8) is 0 Å². The van der Waals surface area contributed by atoms with Gasteiger partial charge in [-0.1, -0.05) is 6.92 Å². The molecule has 0 unspecified atom stereocenters. The maximum Gasteiger partial charge on any atom is 4.00 e. The molecular weight excluding hydrogens is 254 g/mol. The Kier molecular flexibility index (Phi) is 53.7. The summed E-state index contributed by atoms with van der Waals surface area (Å²) >= 11 is 0. The fourth-order valence-corrected chi connectivity index (χ4v) is 0. The third kappa shape index (κ3) is 2280. The SMILES string of the molecule is CC(=O)[O-].CC(=O)[O-].CC(=O)[O-].CC[NH-].[Ti+4]. The maximum absolute atomic E-state index is 8.89. The molecule has 0 heterocycles. The first-order chi connectivity index (χ1) is 6.61. The molecule has 0 rings (SSSR count). The summed E-state index contributed by atoms with van der Waals surface area (Å²) in [5.41, 5.74) is 6.21. The molecule has 16 heavy (non-hydrogen) atoms. The van der Waals surface area contributed by atoms with E-state index < -0.39 is 17.9 Å². The fraction of sp³-hybridized carbons (Fsp3) is 0.625. The second kappa shape index (κ2) is 29.2. The minimum atomic E-state index is -1.08. The van der Waals surface area contributed by atoms with Crippen molar-refractivity contribution in [1.82, 2.24) is 0 Å². The third-order valence-corrected chi connectivity index (χ3v) is 0. The number of rotatable bonds is 0. The molecule has 0 spiro atoms. The fourth-order valence-electron chi connectivity index (χ4n) is 0. The quantitative estimate of drug-likeness (QED) is 0.438. The van der Waals surface area contributed by atoms with Gasteiger partial charge in [-0.25, -0.2) is 0 Å². The van der Waals surface area contributed by atoms with E-state index in [0.717, 1.165) is 20.8 Å². The summed E-state index contributed by atoms with van der Waals surface area (Å²) in [5, 5.41) is 26.7. The van der Waals surface area contributed by atoms with Crippen LogP contribution >= 0.6 is 0 Å². The van der Waals surface area contributed by atoms with Crippen LogP contribution in [0.25, 0.3) is 5.73 Å². The second-order valence-corrected chi connectivity index (χ2v) is 1.83. The first-order valence-electron chi connectivity index (χ1n) is 3.79. The van der Waals surface area contributed by atoms with Gasteiger partial charge >= 0.3 is 21.7 Å². The Balaban J connectivity index is -0.0000000331. The van der Waals surface area contributed by atoms with Gasteiger partial charge in [0, 0.05) is 17.9 Å². The van der Waals surface area contributed by atoms with Gasteiger partial charge in [0.25, 0.3) is 0 Å². The molecule has 0 aromatic rings. The van der Waals surface area contributed by atoms with Crippen molar-refractivity contribution >= 4 is 17.9 Å².